The summed E-state index contributed by atoms with van der Waals surface area (Å²) in [5, 5.41) is 5.34. The Kier molecular flexibility index (Phi) is 5.25. The van der Waals surface area contributed by atoms with Gasteiger partial charge in [0.25, 0.3) is 5.91 Å². The van der Waals surface area contributed by atoms with E-state index in [2.05, 4.69) is 10.3 Å². The van der Waals surface area contributed by atoms with Crippen LogP contribution in [0.25, 0.3) is 0 Å². The zero-order chi connectivity index (χ0) is 17.8. The molecule has 0 atom stereocenters. The first-order valence-electron chi connectivity index (χ1n) is 7.50. The van der Waals surface area contributed by atoms with Gasteiger partial charge in [-0.3, -0.25) is 10.1 Å². The molecule has 0 aliphatic rings. The molecule has 7 heteroatoms. The topological polar surface area (TPSA) is 77.2 Å². The minimum Gasteiger partial charge on any atom is -0.495 e. The number of nitrogens with zero attached hydrogens (tertiary/aromatic N) is 1. The fraction of sp³-hybridized carbons (Fsp3) is 0.111. The standard InChI is InChI=1S/C18H17N3O2S2/c1-11-10-24-18(20-11)21-17(22)13-5-3-4-6-15(13)25-16-8-7-12(19)9-14(16)23-2/h3-10H,19H2,1-2H3,(H,20,21,22). The van der Waals surface area contributed by atoms with Crippen molar-refractivity contribution in [3.05, 3.63) is 59.1 Å². The smallest absolute Gasteiger partial charge is 0.258 e. The SMILES string of the molecule is COc1cc(N)ccc1Sc1ccccc1C(=O)Nc1nc(C)cs1. The molecule has 0 bridgehead atoms. The summed E-state index contributed by atoms with van der Waals surface area (Å²) in [6, 6.07) is 12.9. The Labute approximate surface area is 154 Å². The van der Waals surface area contributed by atoms with Crippen LogP contribution in [0.2, 0.25) is 0 Å². The van der Waals surface area contributed by atoms with Crippen molar-refractivity contribution in [1.82, 2.24) is 4.98 Å². The van der Waals surface area contributed by atoms with E-state index in [0.717, 1.165) is 15.5 Å². The number of carbonyl (C=O) groups excluding carboxylic acids is 1. The van der Waals surface area contributed by atoms with Crippen LogP contribution in [0.15, 0.2) is 57.6 Å². The number of aryl methyl sites for hydroxylation is 1. The third-order valence-corrected chi connectivity index (χ3v) is 5.39. The predicted molar refractivity (Wildman–Crippen MR) is 103 cm³/mol. The van der Waals surface area contributed by atoms with Gasteiger partial charge in [0.2, 0.25) is 0 Å². The number of nitrogens with two attached hydrogens (primary N) is 1. The normalized spacial score (nSPS) is 10.5. The Morgan fingerprint density at radius 2 is 2.04 bits per heavy atom. The maximum Gasteiger partial charge on any atom is 0.258 e. The van der Waals surface area contributed by atoms with Gasteiger partial charge < -0.3 is 10.5 Å². The van der Waals surface area contributed by atoms with Gasteiger partial charge in [0.05, 0.1) is 23.3 Å². The number of benzene rings is 2. The summed E-state index contributed by atoms with van der Waals surface area (Å²) >= 11 is 2.87. The molecule has 3 aromatic rings. The molecule has 3 N–H and O–H groups in total. The van der Waals surface area contributed by atoms with E-state index in [1.165, 1.54) is 23.1 Å². The maximum absolute atomic E-state index is 12.6. The number of ether oxygens (including phenoxy) is 1. The van der Waals surface area contributed by atoms with Gasteiger partial charge in [0.15, 0.2) is 5.13 Å². The molecule has 0 fully saturated rings. The number of aromatic nitrogens is 1. The van der Waals surface area contributed by atoms with Crippen LogP contribution in [0.4, 0.5) is 10.8 Å². The summed E-state index contributed by atoms with van der Waals surface area (Å²) in [4.78, 5) is 18.6. The Bertz CT molecular complexity index is 909. The third kappa shape index (κ3) is 4.12. The average Bonchev–Trinajstić information content (AvgIpc) is 3.01. The first kappa shape index (κ1) is 17.3. The van der Waals surface area contributed by atoms with E-state index < -0.39 is 0 Å². The van der Waals surface area contributed by atoms with Crippen LogP contribution in [0.1, 0.15) is 16.1 Å². The Balaban J connectivity index is 1.87. The number of hydrogen-bond donors (Lipinski definition) is 2. The molecule has 25 heavy (non-hydrogen) atoms. The molecule has 2 aromatic carbocycles. The van der Waals surface area contributed by atoms with Crippen LogP contribution in [0.3, 0.4) is 0 Å². The van der Waals surface area contributed by atoms with Gasteiger partial charge in [-0.05, 0) is 31.2 Å². The monoisotopic (exact) mass is 371 g/mol. The molecule has 0 aliphatic carbocycles. The molecule has 1 amide bonds. The highest BCUT2D eigenvalue weighted by Crippen LogP contribution is 2.37. The molecule has 128 valence electrons. The van der Waals surface area contributed by atoms with Crippen molar-refractivity contribution in [2.45, 2.75) is 16.7 Å². The Morgan fingerprint density at radius 1 is 1.24 bits per heavy atom. The van der Waals surface area contributed by atoms with Crippen molar-refractivity contribution in [1.29, 1.82) is 0 Å². The van der Waals surface area contributed by atoms with Crippen molar-refractivity contribution in [2.75, 3.05) is 18.2 Å². The van der Waals surface area contributed by atoms with Gasteiger partial charge in [0.1, 0.15) is 5.75 Å². The number of methoxy groups -OCH3 is 1. The molecular weight excluding hydrogens is 354 g/mol. The zero-order valence-electron chi connectivity index (χ0n) is 13.8. The average molecular weight is 371 g/mol. The fourth-order valence-corrected chi connectivity index (χ4v) is 3.92. The van der Waals surface area contributed by atoms with Crippen LogP contribution in [0, 0.1) is 6.92 Å². The number of anilines is 2. The predicted octanol–water partition coefficient (Wildman–Crippen LogP) is 4.45. The summed E-state index contributed by atoms with van der Waals surface area (Å²) in [5.41, 5.74) is 7.90. The molecule has 0 unspecified atom stereocenters. The van der Waals surface area contributed by atoms with E-state index in [1.807, 2.05) is 42.6 Å². The van der Waals surface area contributed by atoms with E-state index in [9.17, 15) is 4.79 Å². The lowest BCUT2D eigenvalue weighted by atomic mass is 10.2. The maximum atomic E-state index is 12.6. The molecule has 1 aromatic heterocycles. The summed E-state index contributed by atoms with van der Waals surface area (Å²) in [6.07, 6.45) is 0. The lowest BCUT2D eigenvalue weighted by Gasteiger charge is -2.12. The van der Waals surface area contributed by atoms with Crippen molar-refractivity contribution < 1.29 is 9.53 Å². The van der Waals surface area contributed by atoms with E-state index in [4.69, 9.17) is 10.5 Å². The Hall–Kier alpha value is -2.51. The van der Waals surface area contributed by atoms with E-state index in [0.29, 0.717) is 22.1 Å². The molecule has 1 heterocycles. The second-order valence-corrected chi connectivity index (χ2v) is 7.20. The van der Waals surface area contributed by atoms with E-state index in [1.54, 1.807) is 19.2 Å². The largest absolute Gasteiger partial charge is 0.495 e. The van der Waals surface area contributed by atoms with Crippen molar-refractivity contribution in [2.24, 2.45) is 0 Å². The molecule has 0 radical (unpaired) electrons. The second kappa shape index (κ2) is 7.58. The van der Waals surface area contributed by atoms with E-state index >= 15 is 0 Å². The highest BCUT2D eigenvalue weighted by atomic mass is 32.2. The van der Waals surface area contributed by atoms with Gasteiger partial charge in [-0.2, -0.15) is 0 Å². The molecular formula is C18H17N3O2S2. The molecule has 0 saturated carbocycles. The lowest BCUT2D eigenvalue weighted by Crippen LogP contribution is -2.12. The minimum absolute atomic E-state index is 0.188. The number of carbonyl (C=O) groups is 1. The number of nitrogens with one attached hydrogen (secondary N) is 1. The molecule has 3 rings (SSSR count). The molecule has 5 nitrogen and oxygen atoms in total. The van der Waals surface area contributed by atoms with Crippen molar-refractivity contribution in [3.63, 3.8) is 0 Å². The number of nitrogen functional groups attached to an aromatic ring is 1. The van der Waals surface area contributed by atoms with Crippen LogP contribution >= 0.6 is 23.1 Å². The molecule has 0 saturated heterocycles. The van der Waals surface area contributed by atoms with Crippen LogP contribution < -0.4 is 15.8 Å². The first-order chi connectivity index (χ1) is 12.1. The van der Waals surface area contributed by atoms with Gasteiger partial charge >= 0.3 is 0 Å². The van der Waals surface area contributed by atoms with Gasteiger partial charge in [-0.25, -0.2) is 4.98 Å². The third-order valence-electron chi connectivity index (χ3n) is 3.38. The Morgan fingerprint density at radius 3 is 2.76 bits per heavy atom. The van der Waals surface area contributed by atoms with Crippen molar-refractivity contribution >= 4 is 39.8 Å². The van der Waals surface area contributed by atoms with Crippen molar-refractivity contribution in [3.8, 4) is 5.75 Å². The number of amides is 1. The van der Waals surface area contributed by atoms with Gasteiger partial charge in [-0.1, -0.05) is 23.9 Å². The first-order valence-corrected chi connectivity index (χ1v) is 9.20. The number of hydrogen-bond acceptors (Lipinski definition) is 6. The number of thiazole rings is 1. The quantitative estimate of drug-likeness (QED) is 0.648. The molecule has 0 aliphatic heterocycles. The zero-order valence-corrected chi connectivity index (χ0v) is 15.4. The summed E-state index contributed by atoms with van der Waals surface area (Å²) in [6.45, 7) is 1.89. The highest BCUT2D eigenvalue weighted by molar-refractivity contribution is 7.99. The van der Waals surface area contributed by atoms with Crippen LogP contribution in [-0.4, -0.2) is 18.0 Å². The number of rotatable bonds is 5. The summed E-state index contributed by atoms with van der Waals surface area (Å²) < 4.78 is 5.39. The fourth-order valence-electron chi connectivity index (χ4n) is 2.21. The molecule has 0 spiro atoms. The van der Waals surface area contributed by atoms with Gasteiger partial charge in [0, 0.05) is 22.0 Å². The summed E-state index contributed by atoms with van der Waals surface area (Å²) in [7, 11) is 1.60. The second-order valence-electron chi connectivity index (χ2n) is 5.26. The van der Waals surface area contributed by atoms with Gasteiger partial charge in [-0.15, -0.1) is 11.3 Å². The van der Waals surface area contributed by atoms with E-state index in [-0.39, 0.29) is 5.91 Å². The summed E-state index contributed by atoms with van der Waals surface area (Å²) in [5.74, 6) is 0.489. The van der Waals surface area contributed by atoms with Crippen LogP contribution in [0.5, 0.6) is 5.75 Å². The highest BCUT2D eigenvalue weighted by Gasteiger charge is 2.15. The lowest BCUT2D eigenvalue weighted by molar-refractivity contribution is 0.102. The van der Waals surface area contributed by atoms with Crippen LogP contribution in [-0.2, 0) is 0 Å². The minimum atomic E-state index is -0.188.